The minimum absolute atomic E-state index is 0.0346. The van der Waals surface area contributed by atoms with Crippen LogP contribution in [0.5, 0.6) is 0 Å². The number of benzene rings is 1. The molecule has 226 valence electrons. The van der Waals surface area contributed by atoms with Crippen LogP contribution in [0.2, 0.25) is 0 Å². The largest absolute Gasteiger partial charge is 0.480 e. The molecule has 1 aliphatic rings. The normalized spacial score (nSPS) is 17.8. The fraction of sp³-hybridized carbons (Fsp3) is 0.560. The fourth-order valence-corrected chi connectivity index (χ4v) is 5.23. The summed E-state index contributed by atoms with van der Waals surface area (Å²) in [5.74, 6) is -6.09. The second kappa shape index (κ2) is 15.6. The van der Waals surface area contributed by atoms with Gasteiger partial charge in [-0.25, -0.2) is 0 Å². The number of nitrogens with zero attached hydrogens (tertiary/aromatic N) is 4. The predicted molar refractivity (Wildman–Crippen MR) is 140 cm³/mol. The van der Waals surface area contributed by atoms with Gasteiger partial charge in [-0.1, -0.05) is 12.1 Å². The highest BCUT2D eigenvalue weighted by atomic mass is 16.6. The van der Waals surface area contributed by atoms with Crippen LogP contribution < -0.4 is 0 Å². The molecular weight excluding hydrogens is 548 g/mol. The lowest BCUT2D eigenvalue weighted by atomic mass is 9.88. The molecule has 41 heavy (non-hydrogen) atoms. The van der Waals surface area contributed by atoms with Crippen LogP contribution in [-0.4, -0.2) is 132 Å². The first-order chi connectivity index (χ1) is 19.2. The molecular formula is C25H34N4O12. The molecule has 0 aliphatic heterocycles. The number of hydrogen-bond donors (Lipinski definition) is 5. The molecule has 0 aromatic heterocycles. The van der Waals surface area contributed by atoms with Gasteiger partial charge in [0.15, 0.2) is 0 Å². The highest BCUT2D eigenvalue weighted by Gasteiger charge is 2.34. The third-order valence-corrected chi connectivity index (χ3v) is 6.97. The first kappa shape index (κ1) is 33.1. The number of non-ortho nitro benzene ring substituents is 1. The number of nitro benzene ring substituents is 1. The van der Waals surface area contributed by atoms with Crippen LogP contribution in [0, 0.1) is 10.1 Å². The van der Waals surface area contributed by atoms with Crippen LogP contribution in [0.1, 0.15) is 31.2 Å². The van der Waals surface area contributed by atoms with Crippen molar-refractivity contribution in [2.45, 2.75) is 50.2 Å². The van der Waals surface area contributed by atoms with Gasteiger partial charge in [0.25, 0.3) is 5.69 Å². The molecule has 1 saturated carbocycles. The lowest BCUT2D eigenvalue weighted by Crippen LogP contribution is -2.53. The van der Waals surface area contributed by atoms with Crippen LogP contribution in [-0.2, 0) is 30.4 Å². The van der Waals surface area contributed by atoms with Crippen molar-refractivity contribution in [3.63, 3.8) is 0 Å². The van der Waals surface area contributed by atoms with E-state index in [0.717, 1.165) is 0 Å². The first-order valence-corrected chi connectivity index (χ1v) is 12.8. The summed E-state index contributed by atoms with van der Waals surface area (Å²) < 4.78 is 0. The molecule has 0 spiro atoms. The van der Waals surface area contributed by atoms with Crippen LogP contribution in [0.4, 0.5) is 5.69 Å². The fourth-order valence-electron chi connectivity index (χ4n) is 5.23. The second-order valence-corrected chi connectivity index (χ2v) is 9.95. The monoisotopic (exact) mass is 582 g/mol. The van der Waals surface area contributed by atoms with Gasteiger partial charge in [0.1, 0.15) is 0 Å². The number of nitro groups is 1. The number of carboxylic acids is 5. The highest BCUT2D eigenvalue weighted by Crippen LogP contribution is 2.28. The molecule has 0 heterocycles. The van der Waals surface area contributed by atoms with E-state index in [9.17, 15) is 59.6 Å². The molecule has 0 amide bonds. The standard InChI is InChI=1S/C25H34N4O12/c30-21(31)11-26(17-5-7-18(8-6-17)27(12-22(32)33)13-23(34)35)10-20(28(14-24(36)37)15-25(38)39)9-16-1-3-19(4-2-16)29(40)41/h1-4,17-18,20H,5-15H2,(H,30,31)(H,32,33)(H,34,35)(H,36,37)(H,38,39). The minimum atomic E-state index is -1.29. The molecule has 1 atom stereocenters. The Morgan fingerprint density at radius 3 is 1.49 bits per heavy atom. The van der Waals surface area contributed by atoms with Gasteiger partial charge in [0, 0.05) is 36.8 Å². The Kier molecular flexibility index (Phi) is 12.6. The third kappa shape index (κ3) is 11.5. The maximum atomic E-state index is 11.8. The Morgan fingerprint density at radius 1 is 0.707 bits per heavy atom. The van der Waals surface area contributed by atoms with Gasteiger partial charge in [-0.15, -0.1) is 0 Å². The van der Waals surface area contributed by atoms with Gasteiger partial charge >= 0.3 is 29.8 Å². The number of aliphatic carboxylic acids is 5. The molecule has 5 N–H and O–H groups in total. The van der Waals surface area contributed by atoms with Gasteiger partial charge in [-0.2, -0.15) is 0 Å². The number of carboxylic acid groups (broad SMARTS) is 5. The number of hydrogen-bond acceptors (Lipinski definition) is 10. The van der Waals surface area contributed by atoms with Crippen LogP contribution in [0.3, 0.4) is 0 Å². The van der Waals surface area contributed by atoms with Crippen molar-refractivity contribution in [3.8, 4) is 0 Å². The van der Waals surface area contributed by atoms with E-state index in [0.29, 0.717) is 31.2 Å². The molecule has 1 aromatic rings. The summed E-state index contributed by atoms with van der Waals surface area (Å²) in [6.07, 6.45) is 1.66. The summed E-state index contributed by atoms with van der Waals surface area (Å²) in [5, 5.41) is 57.9. The molecule has 1 aromatic carbocycles. The van der Waals surface area contributed by atoms with Crippen molar-refractivity contribution in [2.24, 2.45) is 0 Å². The topological polar surface area (TPSA) is 239 Å². The van der Waals surface area contributed by atoms with E-state index in [1.165, 1.54) is 34.1 Å². The zero-order valence-corrected chi connectivity index (χ0v) is 22.2. The zero-order valence-electron chi connectivity index (χ0n) is 22.2. The summed E-state index contributed by atoms with van der Waals surface area (Å²) >= 11 is 0. The Hall–Kier alpha value is -4.15. The molecule has 2 rings (SSSR count). The van der Waals surface area contributed by atoms with Crippen molar-refractivity contribution in [3.05, 3.63) is 39.9 Å². The number of carbonyl (C=O) groups is 5. The lowest BCUT2D eigenvalue weighted by Gasteiger charge is -2.42. The molecule has 16 heteroatoms. The average molecular weight is 583 g/mol. The van der Waals surface area contributed by atoms with Crippen molar-refractivity contribution in [1.29, 1.82) is 0 Å². The predicted octanol–water partition coefficient (Wildman–Crippen LogP) is 0.146. The molecule has 0 saturated heterocycles. The highest BCUT2D eigenvalue weighted by molar-refractivity contribution is 5.73. The van der Waals surface area contributed by atoms with E-state index >= 15 is 0 Å². The summed E-state index contributed by atoms with van der Waals surface area (Å²) in [7, 11) is 0. The van der Waals surface area contributed by atoms with Crippen LogP contribution >= 0.6 is 0 Å². The van der Waals surface area contributed by atoms with E-state index in [1.54, 1.807) is 4.90 Å². The molecule has 0 bridgehead atoms. The Labute approximate surface area is 234 Å². The molecule has 1 fully saturated rings. The summed E-state index contributed by atoms with van der Waals surface area (Å²) in [6, 6.07) is 3.99. The Morgan fingerprint density at radius 2 is 1.10 bits per heavy atom. The van der Waals surface area contributed by atoms with Crippen molar-refractivity contribution < 1.29 is 54.4 Å². The molecule has 1 aliphatic carbocycles. The molecule has 0 radical (unpaired) electrons. The quantitative estimate of drug-likeness (QED) is 0.114. The van der Waals surface area contributed by atoms with E-state index in [2.05, 4.69) is 0 Å². The zero-order chi connectivity index (χ0) is 30.7. The van der Waals surface area contributed by atoms with E-state index in [1.807, 2.05) is 0 Å². The van der Waals surface area contributed by atoms with Crippen molar-refractivity contribution in [1.82, 2.24) is 14.7 Å². The van der Waals surface area contributed by atoms with Crippen molar-refractivity contribution >= 4 is 35.5 Å². The van der Waals surface area contributed by atoms with E-state index < -0.39 is 73.5 Å². The van der Waals surface area contributed by atoms with Gasteiger partial charge in [0.2, 0.25) is 0 Å². The lowest BCUT2D eigenvalue weighted by molar-refractivity contribution is -0.384. The third-order valence-electron chi connectivity index (χ3n) is 6.97. The van der Waals surface area contributed by atoms with Gasteiger partial charge in [-0.3, -0.25) is 48.8 Å². The van der Waals surface area contributed by atoms with E-state index in [4.69, 9.17) is 0 Å². The van der Waals surface area contributed by atoms with Gasteiger partial charge in [-0.05, 0) is 37.7 Å². The Balaban J connectivity index is 2.30. The van der Waals surface area contributed by atoms with E-state index in [-0.39, 0.29) is 30.7 Å². The summed E-state index contributed by atoms with van der Waals surface area (Å²) in [4.78, 5) is 72.0. The average Bonchev–Trinajstić information content (AvgIpc) is 2.86. The SMILES string of the molecule is O=C(O)CN(CC(=O)O)C1CCC(N(CC(=O)O)CC(Cc2ccc([N+](=O)[O-])cc2)N(CC(=O)O)CC(=O)O)CC1. The maximum Gasteiger partial charge on any atom is 0.317 e. The Bertz CT molecular complexity index is 1070. The van der Waals surface area contributed by atoms with Gasteiger partial charge < -0.3 is 25.5 Å². The molecule has 16 nitrogen and oxygen atoms in total. The summed E-state index contributed by atoms with van der Waals surface area (Å²) in [6.45, 7) is -2.68. The van der Waals surface area contributed by atoms with Crippen LogP contribution in [0.25, 0.3) is 0 Å². The summed E-state index contributed by atoms with van der Waals surface area (Å²) in [5.41, 5.74) is 0.390. The first-order valence-electron chi connectivity index (χ1n) is 12.8. The van der Waals surface area contributed by atoms with Gasteiger partial charge in [0.05, 0.1) is 37.6 Å². The second-order valence-electron chi connectivity index (χ2n) is 9.95. The minimum Gasteiger partial charge on any atom is -0.480 e. The van der Waals surface area contributed by atoms with Crippen LogP contribution in [0.15, 0.2) is 24.3 Å². The maximum absolute atomic E-state index is 11.8. The molecule has 1 unspecified atom stereocenters. The number of rotatable bonds is 18. The smallest absolute Gasteiger partial charge is 0.317 e. The van der Waals surface area contributed by atoms with Crippen molar-refractivity contribution in [2.75, 3.05) is 39.3 Å².